The first-order valence-corrected chi connectivity index (χ1v) is 8.89. The number of benzene rings is 1. The molecule has 2 aromatic heterocycles. The highest BCUT2D eigenvalue weighted by atomic mass is 16.1. The van der Waals surface area contributed by atoms with Crippen LogP contribution in [-0.4, -0.2) is 32.0 Å². The molecule has 1 N–H and O–H groups in total. The Labute approximate surface area is 153 Å². The molecular weight excluding hydrogens is 326 g/mol. The molecule has 1 aromatic carbocycles. The number of carbonyl (C=O) groups is 1. The number of hydrogen-bond donors (Lipinski definition) is 1. The number of aryl methyl sites for hydroxylation is 2. The highest BCUT2D eigenvalue weighted by Crippen LogP contribution is 2.14. The lowest BCUT2D eigenvalue weighted by atomic mass is 10.1. The average molecular weight is 351 g/mol. The number of rotatable bonds is 7. The van der Waals surface area contributed by atoms with E-state index in [9.17, 15) is 4.79 Å². The van der Waals surface area contributed by atoms with Crippen molar-refractivity contribution < 1.29 is 4.79 Å². The van der Waals surface area contributed by atoms with E-state index in [1.165, 1.54) is 11.1 Å². The molecule has 136 valence electrons. The summed E-state index contributed by atoms with van der Waals surface area (Å²) in [7, 11) is 1.93. The minimum atomic E-state index is 0.0841. The SMILES string of the molecule is Cc1nn(C)c(C)c1CCC(=O)NCCc1ccc(-n2cccn2)cc1. The molecule has 0 fully saturated rings. The fraction of sp³-hybridized carbons (Fsp3) is 0.350. The zero-order valence-electron chi connectivity index (χ0n) is 15.6. The molecule has 0 bridgehead atoms. The first kappa shape index (κ1) is 17.9. The second-order valence-electron chi connectivity index (χ2n) is 6.49. The van der Waals surface area contributed by atoms with E-state index in [0.717, 1.165) is 29.9 Å². The van der Waals surface area contributed by atoms with Gasteiger partial charge >= 0.3 is 0 Å². The second kappa shape index (κ2) is 7.99. The topological polar surface area (TPSA) is 64.7 Å². The van der Waals surface area contributed by atoms with Crippen LogP contribution in [-0.2, 0) is 24.7 Å². The number of nitrogens with zero attached hydrogens (tertiary/aromatic N) is 4. The van der Waals surface area contributed by atoms with Crippen LogP contribution in [0.4, 0.5) is 0 Å². The summed E-state index contributed by atoms with van der Waals surface area (Å²) in [6.07, 6.45) is 5.72. The number of amides is 1. The van der Waals surface area contributed by atoms with Crippen molar-refractivity contribution in [2.45, 2.75) is 33.1 Å². The zero-order chi connectivity index (χ0) is 18.5. The van der Waals surface area contributed by atoms with Gasteiger partial charge in [0.2, 0.25) is 5.91 Å². The molecule has 0 radical (unpaired) electrons. The maximum Gasteiger partial charge on any atom is 0.220 e. The number of aromatic nitrogens is 4. The Kier molecular flexibility index (Phi) is 5.51. The maximum absolute atomic E-state index is 12.1. The summed E-state index contributed by atoms with van der Waals surface area (Å²) in [5.74, 6) is 0.0841. The van der Waals surface area contributed by atoms with E-state index in [-0.39, 0.29) is 5.91 Å². The Balaban J connectivity index is 1.43. The fourth-order valence-electron chi connectivity index (χ4n) is 3.09. The van der Waals surface area contributed by atoms with Gasteiger partial charge in [-0.1, -0.05) is 12.1 Å². The highest BCUT2D eigenvalue weighted by Gasteiger charge is 2.11. The molecule has 6 heteroatoms. The van der Waals surface area contributed by atoms with E-state index in [4.69, 9.17) is 0 Å². The summed E-state index contributed by atoms with van der Waals surface area (Å²) in [5, 5.41) is 11.6. The largest absolute Gasteiger partial charge is 0.356 e. The van der Waals surface area contributed by atoms with E-state index in [1.807, 2.05) is 54.7 Å². The van der Waals surface area contributed by atoms with Gasteiger partial charge < -0.3 is 5.32 Å². The summed E-state index contributed by atoms with van der Waals surface area (Å²) in [5.41, 5.74) is 5.55. The van der Waals surface area contributed by atoms with Gasteiger partial charge in [0.15, 0.2) is 0 Å². The van der Waals surface area contributed by atoms with E-state index >= 15 is 0 Å². The van der Waals surface area contributed by atoms with Crippen LogP contribution < -0.4 is 5.32 Å². The lowest BCUT2D eigenvalue weighted by Gasteiger charge is -2.07. The predicted molar refractivity (Wildman–Crippen MR) is 101 cm³/mol. The van der Waals surface area contributed by atoms with E-state index in [2.05, 4.69) is 27.6 Å². The Morgan fingerprint density at radius 1 is 1.15 bits per heavy atom. The van der Waals surface area contributed by atoms with Crippen molar-refractivity contribution in [1.29, 1.82) is 0 Å². The van der Waals surface area contributed by atoms with Gasteiger partial charge in [0.1, 0.15) is 0 Å². The van der Waals surface area contributed by atoms with Crippen LogP contribution in [0.25, 0.3) is 5.69 Å². The van der Waals surface area contributed by atoms with Crippen LogP contribution in [0.2, 0.25) is 0 Å². The molecule has 26 heavy (non-hydrogen) atoms. The van der Waals surface area contributed by atoms with Gasteiger partial charge in [-0.25, -0.2) is 4.68 Å². The average Bonchev–Trinajstić information content (AvgIpc) is 3.24. The molecule has 0 saturated carbocycles. The first-order chi connectivity index (χ1) is 12.5. The van der Waals surface area contributed by atoms with Crippen LogP contribution in [0.1, 0.15) is 28.9 Å². The maximum atomic E-state index is 12.1. The Morgan fingerprint density at radius 2 is 1.92 bits per heavy atom. The van der Waals surface area contributed by atoms with Crippen molar-refractivity contribution in [3.63, 3.8) is 0 Å². The highest BCUT2D eigenvalue weighted by molar-refractivity contribution is 5.76. The standard InChI is InChI=1S/C20H25N5O/c1-15-19(16(2)24(3)23-15)9-10-20(26)21-13-11-17-5-7-18(8-6-17)25-14-4-12-22-25/h4-8,12,14H,9-11,13H2,1-3H3,(H,21,26). The lowest BCUT2D eigenvalue weighted by molar-refractivity contribution is -0.121. The second-order valence-corrected chi connectivity index (χ2v) is 6.49. The summed E-state index contributed by atoms with van der Waals surface area (Å²) in [6.45, 7) is 4.68. The minimum Gasteiger partial charge on any atom is -0.356 e. The minimum absolute atomic E-state index is 0.0841. The molecule has 0 saturated heterocycles. The molecule has 2 heterocycles. The Morgan fingerprint density at radius 3 is 2.54 bits per heavy atom. The van der Waals surface area contributed by atoms with Crippen molar-refractivity contribution in [3.05, 3.63) is 65.2 Å². The molecule has 0 atom stereocenters. The van der Waals surface area contributed by atoms with Crippen molar-refractivity contribution in [1.82, 2.24) is 24.9 Å². The van der Waals surface area contributed by atoms with Gasteiger partial charge in [0.05, 0.1) is 11.4 Å². The third kappa shape index (κ3) is 4.20. The molecule has 0 aliphatic carbocycles. The fourth-order valence-corrected chi connectivity index (χ4v) is 3.09. The zero-order valence-corrected chi connectivity index (χ0v) is 15.6. The number of hydrogen-bond acceptors (Lipinski definition) is 3. The number of carbonyl (C=O) groups excluding carboxylic acids is 1. The van der Waals surface area contributed by atoms with Crippen LogP contribution >= 0.6 is 0 Å². The summed E-state index contributed by atoms with van der Waals surface area (Å²) in [6, 6.07) is 10.1. The molecule has 3 rings (SSSR count). The first-order valence-electron chi connectivity index (χ1n) is 8.89. The summed E-state index contributed by atoms with van der Waals surface area (Å²) in [4.78, 5) is 12.1. The van der Waals surface area contributed by atoms with Crippen molar-refractivity contribution in [3.8, 4) is 5.69 Å². The van der Waals surface area contributed by atoms with Gasteiger partial charge in [-0.3, -0.25) is 9.48 Å². The van der Waals surface area contributed by atoms with Crippen LogP contribution in [0.5, 0.6) is 0 Å². The monoisotopic (exact) mass is 351 g/mol. The Bertz CT molecular complexity index is 863. The summed E-state index contributed by atoms with van der Waals surface area (Å²) >= 11 is 0. The molecule has 0 aliphatic heterocycles. The third-order valence-electron chi connectivity index (χ3n) is 4.70. The lowest BCUT2D eigenvalue weighted by Crippen LogP contribution is -2.26. The third-order valence-corrected chi connectivity index (χ3v) is 4.70. The van der Waals surface area contributed by atoms with E-state index < -0.39 is 0 Å². The van der Waals surface area contributed by atoms with Gasteiger partial charge in [-0.2, -0.15) is 10.2 Å². The normalized spacial score (nSPS) is 10.9. The Hall–Kier alpha value is -2.89. The molecule has 0 aliphatic rings. The van der Waals surface area contributed by atoms with Crippen molar-refractivity contribution >= 4 is 5.91 Å². The van der Waals surface area contributed by atoms with Crippen LogP contribution in [0, 0.1) is 13.8 Å². The molecular formula is C20H25N5O. The number of nitrogens with one attached hydrogen (secondary N) is 1. The quantitative estimate of drug-likeness (QED) is 0.711. The van der Waals surface area contributed by atoms with Gasteiger partial charge in [-0.05, 0) is 56.0 Å². The molecule has 3 aromatic rings. The molecule has 1 amide bonds. The van der Waals surface area contributed by atoms with Gasteiger partial charge in [-0.15, -0.1) is 0 Å². The predicted octanol–water partition coefficient (Wildman–Crippen LogP) is 2.51. The van der Waals surface area contributed by atoms with Gasteiger partial charge in [0, 0.05) is 38.1 Å². The van der Waals surface area contributed by atoms with E-state index in [0.29, 0.717) is 13.0 Å². The smallest absolute Gasteiger partial charge is 0.220 e. The van der Waals surface area contributed by atoms with Crippen LogP contribution in [0.15, 0.2) is 42.7 Å². The van der Waals surface area contributed by atoms with Crippen molar-refractivity contribution in [2.24, 2.45) is 7.05 Å². The molecule has 0 unspecified atom stereocenters. The van der Waals surface area contributed by atoms with Crippen LogP contribution in [0.3, 0.4) is 0 Å². The molecule has 0 spiro atoms. The van der Waals surface area contributed by atoms with Crippen molar-refractivity contribution in [2.75, 3.05) is 6.54 Å². The van der Waals surface area contributed by atoms with Gasteiger partial charge in [0.25, 0.3) is 0 Å². The summed E-state index contributed by atoms with van der Waals surface area (Å²) < 4.78 is 3.70. The van der Waals surface area contributed by atoms with E-state index in [1.54, 1.807) is 6.20 Å². The molecule has 6 nitrogen and oxygen atoms in total.